The molecule has 0 bridgehead atoms. The van der Waals surface area contributed by atoms with Gasteiger partial charge >= 0.3 is 0 Å². The highest BCUT2D eigenvalue weighted by Gasteiger charge is 2.06. The number of phenols is 2. The van der Waals surface area contributed by atoms with Gasteiger partial charge in [0.15, 0.2) is 11.5 Å². The number of phenolic OH excluding ortho intramolecular Hbond substituents is 2. The van der Waals surface area contributed by atoms with E-state index < -0.39 is 0 Å². The highest BCUT2D eigenvalue weighted by atomic mass is 35.5. The second-order valence-electron chi connectivity index (χ2n) is 5.28. The van der Waals surface area contributed by atoms with Crippen LogP contribution in [0.5, 0.6) is 17.2 Å². The van der Waals surface area contributed by atoms with Crippen LogP contribution in [0.1, 0.15) is 11.1 Å². The first-order valence-electron chi connectivity index (χ1n) is 7.01. The predicted octanol–water partition coefficient (Wildman–Crippen LogP) is 3.43. The average Bonchev–Trinajstić information content (AvgIpc) is 2.49. The molecule has 118 valence electrons. The van der Waals surface area contributed by atoms with Crippen LogP contribution in [-0.2, 0) is 13.0 Å². The van der Waals surface area contributed by atoms with Gasteiger partial charge in [-0.15, -0.1) is 0 Å². The fraction of sp³-hybridized carbons (Fsp3) is 0.294. The molecule has 0 aliphatic heterocycles. The van der Waals surface area contributed by atoms with Crippen molar-refractivity contribution in [1.82, 2.24) is 4.90 Å². The van der Waals surface area contributed by atoms with Crippen LogP contribution in [0.25, 0.3) is 0 Å². The Balaban J connectivity index is 1.91. The fourth-order valence-electron chi connectivity index (χ4n) is 2.24. The molecule has 0 radical (unpaired) electrons. The van der Waals surface area contributed by atoms with Crippen LogP contribution in [0.3, 0.4) is 0 Å². The topological polar surface area (TPSA) is 52.9 Å². The van der Waals surface area contributed by atoms with Gasteiger partial charge in [0.25, 0.3) is 0 Å². The summed E-state index contributed by atoms with van der Waals surface area (Å²) in [6, 6.07) is 10.7. The normalized spacial score (nSPS) is 10.9. The summed E-state index contributed by atoms with van der Waals surface area (Å²) < 4.78 is 5.14. The van der Waals surface area contributed by atoms with Gasteiger partial charge in [-0.2, -0.15) is 0 Å². The summed E-state index contributed by atoms with van der Waals surface area (Å²) >= 11 is 6.12. The molecule has 0 amide bonds. The summed E-state index contributed by atoms with van der Waals surface area (Å²) in [4.78, 5) is 2.17. The second kappa shape index (κ2) is 7.38. The molecule has 0 unspecified atom stereocenters. The molecule has 2 rings (SSSR count). The lowest BCUT2D eigenvalue weighted by Crippen LogP contribution is -2.20. The molecule has 2 N–H and O–H groups in total. The van der Waals surface area contributed by atoms with Gasteiger partial charge in [0.05, 0.1) is 12.1 Å². The van der Waals surface area contributed by atoms with Crippen LogP contribution in [-0.4, -0.2) is 35.8 Å². The van der Waals surface area contributed by atoms with Crippen molar-refractivity contribution >= 4 is 11.6 Å². The number of nitrogens with zero attached hydrogens (tertiary/aromatic N) is 1. The zero-order valence-corrected chi connectivity index (χ0v) is 13.5. The first-order valence-corrected chi connectivity index (χ1v) is 7.39. The van der Waals surface area contributed by atoms with Gasteiger partial charge in [-0.3, -0.25) is 0 Å². The Morgan fingerprint density at radius 3 is 2.41 bits per heavy atom. The van der Waals surface area contributed by atoms with E-state index in [1.54, 1.807) is 13.2 Å². The lowest BCUT2D eigenvalue weighted by molar-refractivity contribution is 0.330. The minimum Gasteiger partial charge on any atom is -0.504 e. The highest BCUT2D eigenvalue weighted by molar-refractivity contribution is 6.32. The van der Waals surface area contributed by atoms with Crippen molar-refractivity contribution < 1.29 is 14.9 Å². The van der Waals surface area contributed by atoms with E-state index in [9.17, 15) is 10.2 Å². The average molecular weight is 322 g/mol. The van der Waals surface area contributed by atoms with E-state index in [0.29, 0.717) is 10.8 Å². The SMILES string of the molecule is COc1ccc(CN(C)CCc2ccc(O)c(O)c2)cc1Cl. The number of ether oxygens (including phenoxy) is 1. The number of halogens is 1. The van der Waals surface area contributed by atoms with Crippen molar-refractivity contribution in [2.75, 3.05) is 20.7 Å². The summed E-state index contributed by atoms with van der Waals surface area (Å²) in [7, 11) is 3.62. The Kier molecular flexibility index (Phi) is 5.52. The molecule has 0 atom stereocenters. The van der Waals surface area contributed by atoms with Crippen molar-refractivity contribution in [3.8, 4) is 17.2 Å². The van der Waals surface area contributed by atoms with Crippen molar-refractivity contribution in [1.29, 1.82) is 0 Å². The van der Waals surface area contributed by atoms with Crippen molar-refractivity contribution in [3.05, 3.63) is 52.5 Å². The van der Waals surface area contributed by atoms with Crippen molar-refractivity contribution in [2.45, 2.75) is 13.0 Å². The molecule has 2 aromatic carbocycles. The Bertz CT molecular complexity index is 646. The zero-order valence-electron chi connectivity index (χ0n) is 12.7. The summed E-state index contributed by atoms with van der Waals surface area (Å²) in [6.45, 7) is 1.60. The summed E-state index contributed by atoms with van der Waals surface area (Å²) in [5.41, 5.74) is 2.09. The van der Waals surface area contributed by atoms with E-state index in [-0.39, 0.29) is 11.5 Å². The van der Waals surface area contributed by atoms with E-state index in [0.717, 1.165) is 30.6 Å². The third-order valence-electron chi connectivity index (χ3n) is 3.49. The highest BCUT2D eigenvalue weighted by Crippen LogP contribution is 2.26. The van der Waals surface area contributed by atoms with Gasteiger partial charge in [0.2, 0.25) is 0 Å². The largest absolute Gasteiger partial charge is 0.504 e. The maximum Gasteiger partial charge on any atom is 0.157 e. The van der Waals surface area contributed by atoms with Crippen LogP contribution in [0, 0.1) is 0 Å². The maximum absolute atomic E-state index is 9.49. The van der Waals surface area contributed by atoms with Gasteiger partial charge < -0.3 is 19.8 Å². The molecule has 0 fully saturated rings. The summed E-state index contributed by atoms with van der Waals surface area (Å²) in [5.74, 6) is 0.500. The third kappa shape index (κ3) is 4.29. The Hall–Kier alpha value is -1.91. The Labute approximate surface area is 135 Å². The van der Waals surface area contributed by atoms with E-state index >= 15 is 0 Å². The van der Waals surface area contributed by atoms with Crippen LogP contribution in [0.15, 0.2) is 36.4 Å². The molecular weight excluding hydrogens is 302 g/mol. The van der Waals surface area contributed by atoms with Gasteiger partial charge in [-0.25, -0.2) is 0 Å². The van der Waals surface area contributed by atoms with Crippen LogP contribution >= 0.6 is 11.6 Å². The quantitative estimate of drug-likeness (QED) is 0.800. The summed E-state index contributed by atoms with van der Waals surface area (Å²) in [6.07, 6.45) is 0.786. The predicted molar refractivity (Wildman–Crippen MR) is 87.8 cm³/mol. The molecule has 0 spiro atoms. The number of methoxy groups -OCH3 is 1. The number of likely N-dealkylation sites (N-methyl/N-ethyl adjacent to an activating group) is 1. The molecule has 2 aromatic rings. The standard InChI is InChI=1S/C17H20ClNO3/c1-19(8-7-12-3-5-15(20)16(21)10-12)11-13-4-6-17(22-2)14(18)9-13/h3-6,9-10,20-21H,7-8,11H2,1-2H3. The van der Waals surface area contributed by atoms with Gasteiger partial charge in [0, 0.05) is 13.1 Å². The van der Waals surface area contributed by atoms with Gasteiger partial charge in [0.1, 0.15) is 5.75 Å². The number of aromatic hydroxyl groups is 2. The third-order valence-corrected chi connectivity index (χ3v) is 3.79. The minimum atomic E-state index is -0.0926. The first-order chi connectivity index (χ1) is 10.5. The first kappa shape index (κ1) is 16.5. The van der Waals surface area contributed by atoms with Crippen molar-refractivity contribution in [2.24, 2.45) is 0 Å². The number of rotatable bonds is 6. The lowest BCUT2D eigenvalue weighted by Gasteiger charge is -2.17. The van der Waals surface area contributed by atoms with E-state index in [1.807, 2.05) is 31.3 Å². The fourth-order valence-corrected chi connectivity index (χ4v) is 2.52. The van der Waals surface area contributed by atoms with Crippen LogP contribution in [0.2, 0.25) is 5.02 Å². The lowest BCUT2D eigenvalue weighted by atomic mass is 10.1. The molecule has 4 nitrogen and oxygen atoms in total. The summed E-state index contributed by atoms with van der Waals surface area (Å²) in [5, 5.41) is 19.4. The van der Waals surface area contributed by atoms with Gasteiger partial charge in [-0.1, -0.05) is 23.7 Å². The Morgan fingerprint density at radius 2 is 1.77 bits per heavy atom. The van der Waals surface area contributed by atoms with Gasteiger partial charge in [-0.05, 0) is 48.9 Å². The van der Waals surface area contributed by atoms with E-state index in [2.05, 4.69) is 4.90 Å². The zero-order chi connectivity index (χ0) is 16.1. The van der Waals surface area contributed by atoms with Crippen molar-refractivity contribution in [3.63, 3.8) is 0 Å². The number of hydrogen-bond donors (Lipinski definition) is 2. The molecule has 0 aromatic heterocycles. The number of hydrogen-bond acceptors (Lipinski definition) is 4. The molecule has 5 heteroatoms. The maximum atomic E-state index is 9.49. The molecule has 0 saturated heterocycles. The molecular formula is C17H20ClNO3. The smallest absolute Gasteiger partial charge is 0.157 e. The van der Waals surface area contributed by atoms with Crippen LogP contribution < -0.4 is 4.74 Å². The molecule has 22 heavy (non-hydrogen) atoms. The monoisotopic (exact) mass is 321 g/mol. The molecule has 0 aliphatic carbocycles. The van der Waals surface area contributed by atoms with E-state index in [4.69, 9.17) is 16.3 Å². The second-order valence-corrected chi connectivity index (χ2v) is 5.69. The van der Waals surface area contributed by atoms with E-state index in [1.165, 1.54) is 6.07 Å². The Morgan fingerprint density at radius 1 is 1.05 bits per heavy atom. The molecule has 0 heterocycles. The molecule has 0 saturated carbocycles. The molecule has 0 aliphatic rings. The van der Waals surface area contributed by atoms with Crippen LogP contribution in [0.4, 0.5) is 0 Å². The number of benzene rings is 2. The minimum absolute atomic E-state index is 0.0814.